The Hall–Kier alpha value is -0.0800. The lowest BCUT2D eigenvalue weighted by atomic mass is 9.74. The Kier molecular flexibility index (Phi) is 3.60. The second-order valence-corrected chi connectivity index (χ2v) is 6.79. The number of hydrogen-bond acceptors (Lipinski definition) is 2. The van der Waals surface area contributed by atoms with Crippen molar-refractivity contribution < 1.29 is 0 Å². The van der Waals surface area contributed by atoms with Crippen LogP contribution in [-0.2, 0) is 0 Å². The predicted octanol–water partition coefficient (Wildman–Crippen LogP) is 2.77. The summed E-state index contributed by atoms with van der Waals surface area (Å²) in [5, 5.41) is 0. The first-order chi connectivity index (χ1) is 7.48. The van der Waals surface area contributed by atoms with Crippen LogP contribution >= 0.6 is 0 Å². The fourth-order valence-corrected chi connectivity index (χ4v) is 3.71. The lowest BCUT2D eigenvalue weighted by Crippen LogP contribution is -2.52. The Labute approximate surface area is 101 Å². The molecule has 1 saturated heterocycles. The summed E-state index contributed by atoms with van der Waals surface area (Å²) in [4.78, 5) is 2.74. The van der Waals surface area contributed by atoms with Crippen molar-refractivity contribution in [2.45, 2.75) is 77.4 Å². The number of nitrogens with zero attached hydrogens (tertiary/aromatic N) is 1. The van der Waals surface area contributed by atoms with Gasteiger partial charge in [0, 0.05) is 24.7 Å². The molecule has 0 bridgehead atoms. The van der Waals surface area contributed by atoms with Crippen molar-refractivity contribution in [1.82, 2.24) is 4.90 Å². The molecule has 1 heterocycles. The number of hydrogen-bond donors (Lipinski definition) is 1. The standard InChI is InChI=1S/C14H28N2/c1-11-9-12(15)6-8-16(11)13-5-4-7-14(2,3)10-13/h11-13H,4-10,15H2,1-3H3. The molecule has 16 heavy (non-hydrogen) atoms. The van der Waals surface area contributed by atoms with Gasteiger partial charge in [0.05, 0.1) is 0 Å². The van der Waals surface area contributed by atoms with Crippen molar-refractivity contribution in [3.63, 3.8) is 0 Å². The van der Waals surface area contributed by atoms with E-state index in [-0.39, 0.29) is 0 Å². The average molecular weight is 224 g/mol. The van der Waals surface area contributed by atoms with Gasteiger partial charge in [-0.3, -0.25) is 4.90 Å². The number of rotatable bonds is 1. The van der Waals surface area contributed by atoms with Gasteiger partial charge in [-0.05, 0) is 44.4 Å². The van der Waals surface area contributed by atoms with E-state index in [2.05, 4.69) is 25.7 Å². The lowest BCUT2D eigenvalue weighted by molar-refractivity contribution is 0.0405. The van der Waals surface area contributed by atoms with Crippen molar-refractivity contribution in [1.29, 1.82) is 0 Å². The van der Waals surface area contributed by atoms with Gasteiger partial charge in [-0.1, -0.05) is 20.3 Å². The minimum atomic E-state index is 0.447. The van der Waals surface area contributed by atoms with Crippen LogP contribution in [0.2, 0.25) is 0 Å². The zero-order valence-electron chi connectivity index (χ0n) is 11.2. The van der Waals surface area contributed by atoms with Crippen molar-refractivity contribution in [2.75, 3.05) is 6.54 Å². The van der Waals surface area contributed by atoms with Gasteiger partial charge in [0.1, 0.15) is 0 Å². The summed E-state index contributed by atoms with van der Waals surface area (Å²) in [6.45, 7) is 8.45. The van der Waals surface area contributed by atoms with Crippen molar-refractivity contribution in [3.05, 3.63) is 0 Å². The molecule has 0 aromatic heterocycles. The van der Waals surface area contributed by atoms with Gasteiger partial charge in [0.25, 0.3) is 0 Å². The lowest BCUT2D eigenvalue weighted by Gasteiger charge is -2.46. The molecular formula is C14H28N2. The van der Waals surface area contributed by atoms with Gasteiger partial charge in [0.15, 0.2) is 0 Å². The first kappa shape index (κ1) is 12.4. The molecule has 0 aromatic rings. The highest BCUT2D eigenvalue weighted by Gasteiger charge is 2.35. The summed E-state index contributed by atoms with van der Waals surface area (Å²) in [5.41, 5.74) is 6.60. The molecule has 0 amide bonds. The summed E-state index contributed by atoms with van der Waals surface area (Å²) in [6, 6.07) is 1.97. The molecule has 0 aromatic carbocycles. The fraction of sp³-hybridized carbons (Fsp3) is 1.00. The molecule has 3 atom stereocenters. The number of nitrogens with two attached hydrogens (primary N) is 1. The number of piperidine rings is 1. The Balaban J connectivity index is 1.96. The van der Waals surface area contributed by atoms with Crippen LogP contribution in [0.1, 0.15) is 59.3 Å². The van der Waals surface area contributed by atoms with Crippen LogP contribution < -0.4 is 5.73 Å². The first-order valence-corrected chi connectivity index (χ1v) is 6.99. The molecule has 2 rings (SSSR count). The molecule has 1 saturated carbocycles. The Bertz CT molecular complexity index is 237. The van der Waals surface area contributed by atoms with E-state index in [1.165, 1.54) is 45.1 Å². The maximum atomic E-state index is 6.04. The monoisotopic (exact) mass is 224 g/mol. The summed E-state index contributed by atoms with van der Waals surface area (Å²) < 4.78 is 0. The van der Waals surface area contributed by atoms with Gasteiger partial charge in [-0.15, -0.1) is 0 Å². The number of likely N-dealkylation sites (tertiary alicyclic amines) is 1. The average Bonchev–Trinajstić information content (AvgIpc) is 2.15. The molecular weight excluding hydrogens is 196 g/mol. The van der Waals surface area contributed by atoms with Gasteiger partial charge < -0.3 is 5.73 Å². The Morgan fingerprint density at radius 2 is 2.00 bits per heavy atom. The minimum Gasteiger partial charge on any atom is -0.328 e. The molecule has 1 aliphatic heterocycles. The second-order valence-electron chi connectivity index (χ2n) is 6.79. The van der Waals surface area contributed by atoms with E-state index in [9.17, 15) is 0 Å². The fourth-order valence-electron chi connectivity index (χ4n) is 3.71. The van der Waals surface area contributed by atoms with Gasteiger partial charge in [-0.25, -0.2) is 0 Å². The highest BCUT2D eigenvalue weighted by atomic mass is 15.2. The molecule has 0 spiro atoms. The largest absolute Gasteiger partial charge is 0.328 e. The first-order valence-electron chi connectivity index (χ1n) is 6.99. The topological polar surface area (TPSA) is 29.3 Å². The maximum Gasteiger partial charge on any atom is 0.0103 e. The minimum absolute atomic E-state index is 0.447. The molecule has 2 heteroatoms. The van der Waals surface area contributed by atoms with Crippen LogP contribution in [0.4, 0.5) is 0 Å². The summed E-state index contributed by atoms with van der Waals surface area (Å²) in [5.74, 6) is 0. The molecule has 2 aliphatic rings. The molecule has 2 fully saturated rings. The molecule has 2 N–H and O–H groups in total. The van der Waals surface area contributed by atoms with Crippen LogP contribution in [0, 0.1) is 5.41 Å². The quantitative estimate of drug-likeness (QED) is 0.742. The van der Waals surface area contributed by atoms with E-state index in [0.29, 0.717) is 17.5 Å². The van der Waals surface area contributed by atoms with E-state index >= 15 is 0 Å². The van der Waals surface area contributed by atoms with Crippen LogP contribution in [0.15, 0.2) is 0 Å². The van der Waals surface area contributed by atoms with Gasteiger partial charge in [0.2, 0.25) is 0 Å². The van der Waals surface area contributed by atoms with E-state index in [0.717, 1.165) is 6.04 Å². The maximum absolute atomic E-state index is 6.04. The predicted molar refractivity (Wildman–Crippen MR) is 69.4 cm³/mol. The molecule has 0 radical (unpaired) electrons. The SMILES string of the molecule is CC1CC(N)CCN1C1CCCC(C)(C)C1. The molecule has 94 valence electrons. The van der Waals surface area contributed by atoms with Crippen molar-refractivity contribution >= 4 is 0 Å². The highest BCUT2D eigenvalue weighted by Crippen LogP contribution is 2.38. The van der Waals surface area contributed by atoms with Crippen LogP contribution in [-0.4, -0.2) is 29.6 Å². The van der Waals surface area contributed by atoms with E-state index < -0.39 is 0 Å². The van der Waals surface area contributed by atoms with Gasteiger partial charge in [-0.2, -0.15) is 0 Å². The van der Waals surface area contributed by atoms with Crippen molar-refractivity contribution in [2.24, 2.45) is 11.1 Å². The normalized spacial score (nSPS) is 40.9. The third kappa shape index (κ3) is 2.78. The highest BCUT2D eigenvalue weighted by molar-refractivity contribution is 4.90. The third-order valence-electron chi connectivity index (χ3n) is 4.62. The summed E-state index contributed by atoms with van der Waals surface area (Å²) in [7, 11) is 0. The molecule has 1 aliphatic carbocycles. The summed E-state index contributed by atoms with van der Waals surface area (Å²) in [6.07, 6.45) is 7.99. The summed E-state index contributed by atoms with van der Waals surface area (Å²) >= 11 is 0. The van der Waals surface area contributed by atoms with Crippen LogP contribution in [0.3, 0.4) is 0 Å². The zero-order chi connectivity index (χ0) is 11.8. The van der Waals surface area contributed by atoms with Crippen molar-refractivity contribution in [3.8, 4) is 0 Å². The molecule has 2 nitrogen and oxygen atoms in total. The van der Waals surface area contributed by atoms with E-state index in [1.807, 2.05) is 0 Å². The van der Waals surface area contributed by atoms with Crippen LogP contribution in [0.25, 0.3) is 0 Å². The zero-order valence-corrected chi connectivity index (χ0v) is 11.2. The van der Waals surface area contributed by atoms with E-state index in [1.54, 1.807) is 0 Å². The van der Waals surface area contributed by atoms with E-state index in [4.69, 9.17) is 5.73 Å². The Morgan fingerprint density at radius 3 is 2.62 bits per heavy atom. The third-order valence-corrected chi connectivity index (χ3v) is 4.62. The molecule has 3 unspecified atom stereocenters. The van der Waals surface area contributed by atoms with Crippen LogP contribution in [0.5, 0.6) is 0 Å². The Morgan fingerprint density at radius 1 is 1.25 bits per heavy atom. The smallest absolute Gasteiger partial charge is 0.0103 e. The van der Waals surface area contributed by atoms with Gasteiger partial charge >= 0.3 is 0 Å². The second kappa shape index (κ2) is 4.66.